The van der Waals surface area contributed by atoms with Gasteiger partial charge in [-0.05, 0) is 6.07 Å². The minimum Gasteiger partial charge on any atom is -0.194 e. The molecule has 0 fully saturated rings. The van der Waals surface area contributed by atoms with E-state index >= 15 is 0 Å². The van der Waals surface area contributed by atoms with Crippen molar-refractivity contribution in [1.82, 2.24) is 0 Å². The molecule has 0 saturated carbocycles. The zero-order chi connectivity index (χ0) is 14.8. The summed E-state index contributed by atoms with van der Waals surface area (Å²) in [5, 5.41) is 8.79. The third kappa shape index (κ3) is 2.14. The van der Waals surface area contributed by atoms with Crippen molar-refractivity contribution in [1.29, 1.82) is 5.26 Å². The first-order chi connectivity index (χ1) is 9.41. The van der Waals surface area contributed by atoms with Crippen molar-refractivity contribution < 1.29 is 17.6 Å². The molecule has 0 spiro atoms. The van der Waals surface area contributed by atoms with Crippen LogP contribution in [0.25, 0.3) is 0 Å². The molecule has 2 aromatic rings. The molecule has 0 radical (unpaired) electrons. The maximum absolute atomic E-state index is 14.2. The van der Waals surface area contributed by atoms with Crippen LogP contribution in [0.5, 0.6) is 0 Å². The standard InChI is InChI=1S/C15H9F4N/c16-14(17,12-7-2-1-3-8-12)15(18,19)13-9-5-4-6-11(13)10-20/h1-9H. The molecule has 0 N–H and O–H groups in total. The lowest BCUT2D eigenvalue weighted by atomic mass is 9.93. The van der Waals surface area contributed by atoms with E-state index in [1.807, 2.05) is 0 Å². The summed E-state index contributed by atoms with van der Waals surface area (Å²) in [7, 11) is 0. The summed E-state index contributed by atoms with van der Waals surface area (Å²) in [6.45, 7) is 0. The van der Waals surface area contributed by atoms with Gasteiger partial charge in [-0.2, -0.15) is 22.8 Å². The number of nitriles is 1. The first-order valence-electron chi connectivity index (χ1n) is 5.72. The van der Waals surface area contributed by atoms with Gasteiger partial charge in [0.25, 0.3) is 0 Å². The fourth-order valence-corrected chi connectivity index (χ4v) is 1.85. The lowest BCUT2D eigenvalue weighted by Gasteiger charge is -2.27. The molecule has 2 aromatic carbocycles. The quantitative estimate of drug-likeness (QED) is 0.762. The summed E-state index contributed by atoms with van der Waals surface area (Å²) in [5.74, 6) is -8.87. The largest absolute Gasteiger partial charge is 0.341 e. The Morgan fingerprint density at radius 3 is 1.90 bits per heavy atom. The van der Waals surface area contributed by atoms with Crippen molar-refractivity contribution in [2.24, 2.45) is 0 Å². The van der Waals surface area contributed by atoms with E-state index in [0.29, 0.717) is 0 Å². The highest BCUT2D eigenvalue weighted by molar-refractivity contribution is 5.42. The molecular formula is C15H9F4N. The van der Waals surface area contributed by atoms with Gasteiger partial charge in [0.15, 0.2) is 0 Å². The van der Waals surface area contributed by atoms with E-state index in [1.54, 1.807) is 0 Å². The molecule has 20 heavy (non-hydrogen) atoms. The molecule has 0 bridgehead atoms. The van der Waals surface area contributed by atoms with Crippen molar-refractivity contribution in [3.05, 3.63) is 71.3 Å². The maximum atomic E-state index is 14.2. The Hall–Kier alpha value is -2.35. The van der Waals surface area contributed by atoms with Gasteiger partial charge in [0.05, 0.1) is 11.6 Å². The molecule has 0 aliphatic heterocycles. The molecule has 1 nitrogen and oxygen atoms in total. The first kappa shape index (κ1) is 14.1. The van der Waals surface area contributed by atoms with Crippen LogP contribution in [0.15, 0.2) is 54.6 Å². The summed E-state index contributed by atoms with van der Waals surface area (Å²) in [4.78, 5) is 0. The highest BCUT2D eigenvalue weighted by atomic mass is 19.3. The molecule has 2 rings (SSSR count). The Labute approximate surface area is 113 Å². The van der Waals surface area contributed by atoms with Gasteiger partial charge < -0.3 is 0 Å². The van der Waals surface area contributed by atoms with Crippen LogP contribution in [0, 0.1) is 11.3 Å². The van der Waals surface area contributed by atoms with E-state index < -0.39 is 28.5 Å². The van der Waals surface area contributed by atoms with Crippen LogP contribution in [0.4, 0.5) is 17.6 Å². The van der Waals surface area contributed by atoms with Gasteiger partial charge in [-0.1, -0.05) is 48.5 Å². The van der Waals surface area contributed by atoms with Crippen LogP contribution in [0.1, 0.15) is 16.7 Å². The number of benzene rings is 2. The lowest BCUT2D eigenvalue weighted by molar-refractivity contribution is -0.224. The number of nitrogens with zero attached hydrogens (tertiary/aromatic N) is 1. The van der Waals surface area contributed by atoms with Crippen molar-refractivity contribution >= 4 is 0 Å². The normalized spacial score (nSPS) is 11.9. The minimum atomic E-state index is -4.47. The number of rotatable bonds is 3. The van der Waals surface area contributed by atoms with Gasteiger partial charge in [0, 0.05) is 11.1 Å². The Morgan fingerprint density at radius 1 is 0.750 bits per heavy atom. The zero-order valence-electron chi connectivity index (χ0n) is 10.2. The molecule has 0 aliphatic carbocycles. The molecule has 0 aromatic heterocycles. The second-order valence-electron chi connectivity index (χ2n) is 4.17. The number of alkyl halides is 4. The third-order valence-electron chi connectivity index (χ3n) is 2.92. The fourth-order valence-electron chi connectivity index (χ4n) is 1.85. The van der Waals surface area contributed by atoms with E-state index in [1.165, 1.54) is 36.4 Å². The summed E-state index contributed by atoms with van der Waals surface area (Å²) in [6.07, 6.45) is 0. The van der Waals surface area contributed by atoms with Gasteiger partial charge >= 0.3 is 11.8 Å². The first-order valence-corrected chi connectivity index (χ1v) is 5.72. The van der Waals surface area contributed by atoms with Gasteiger partial charge in [-0.15, -0.1) is 0 Å². The third-order valence-corrected chi connectivity index (χ3v) is 2.92. The highest BCUT2D eigenvalue weighted by Gasteiger charge is 2.59. The van der Waals surface area contributed by atoms with Crippen molar-refractivity contribution in [2.75, 3.05) is 0 Å². The van der Waals surface area contributed by atoms with Crippen molar-refractivity contribution in [3.8, 4) is 6.07 Å². The average molecular weight is 279 g/mol. The summed E-state index contributed by atoms with van der Waals surface area (Å²) < 4.78 is 56.5. The smallest absolute Gasteiger partial charge is 0.194 e. The fraction of sp³-hybridized carbons (Fsp3) is 0.133. The Bertz CT molecular complexity index is 644. The Balaban J connectivity index is 2.57. The second-order valence-corrected chi connectivity index (χ2v) is 4.17. The van der Waals surface area contributed by atoms with Crippen LogP contribution >= 0.6 is 0 Å². The molecule has 102 valence electrons. The van der Waals surface area contributed by atoms with E-state index in [-0.39, 0.29) is 0 Å². The summed E-state index contributed by atoms with van der Waals surface area (Å²) in [6, 6.07) is 11.8. The molecular weight excluding hydrogens is 270 g/mol. The van der Waals surface area contributed by atoms with Crippen LogP contribution in [-0.2, 0) is 11.8 Å². The van der Waals surface area contributed by atoms with E-state index in [0.717, 1.165) is 24.3 Å². The zero-order valence-corrected chi connectivity index (χ0v) is 10.2. The van der Waals surface area contributed by atoms with Crippen LogP contribution in [0.2, 0.25) is 0 Å². The summed E-state index contributed by atoms with van der Waals surface area (Å²) >= 11 is 0. The SMILES string of the molecule is N#Cc1ccccc1C(F)(F)C(F)(F)c1ccccc1. The van der Waals surface area contributed by atoms with Crippen molar-refractivity contribution in [2.45, 2.75) is 11.8 Å². The van der Waals surface area contributed by atoms with Crippen molar-refractivity contribution in [3.63, 3.8) is 0 Å². The van der Waals surface area contributed by atoms with Gasteiger partial charge in [0.2, 0.25) is 0 Å². The molecule has 0 saturated heterocycles. The molecule has 0 atom stereocenters. The van der Waals surface area contributed by atoms with Gasteiger partial charge in [-0.3, -0.25) is 0 Å². The van der Waals surface area contributed by atoms with Gasteiger partial charge in [0.1, 0.15) is 0 Å². The Kier molecular flexibility index (Phi) is 3.49. The highest BCUT2D eigenvalue weighted by Crippen LogP contribution is 2.50. The number of hydrogen-bond acceptors (Lipinski definition) is 1. The monoisotopic (exact) mass is 279 g/mol. The lowest BCUT2D eigenvalue weighted by Crippen LogP contribution is -2.36. The number of halogens is 4. The van der Waals surface area contributed by atoms with E-state index in [4.69, 9.17) is 5.26 Å². The topological polar surface area (TPSA) is 23.8 Å². The van der Waals surface area contributed by atoms with Gasteiger partial charge in [-0.25, -0.2) is 0 Å². The maximum Gasteiger partial charge on any atom is 0.341 e. The Morgan fingerprint density at radius 2 is 1.30 bits per heavy atom. The van der Waals surface area contributed by atoms with E-state index in [9.17, 15) is 17.6 Å². The van der Waals surface area contributed by atoms with Crippen LogP contribution < -0.4 is 0 Å². The predicted octanol–water partition coefficient (Wildman–Crippen LogP) is 4.44. The molecule has 0 unspecified atom stereocenters. The second kappa shape index (κ2) is 4.97. The average Bonchev–Trinajstić information content (AvgIpc) is 2.47. The predicted molar refractivity (Wildman–Crippen MR) is 65.4 cm³/mol. The van der Waals surface area contributed by atoms with E-state index in [2.05, 4.69) is 0 Å². The summed E-state index contributed by atoms with van der Waals surface area (Å²) in [5.41, 5.74) is -2.23. The molecule has 0 aliphatic rings. The molecule has 0 heterocycles. The number of hydrogen-bond donors (Lipinski definition) is 0. The minimum absolute atomic E-state index is 0.465. The molecule has 0 amide bonds. The molecule has 5 heteroatoms. The van der Waals surface area contributed by atoms with Crippen LogP contribution in [-0.4, -0.2) is 0 Å². The van der Waals surface area contributed by atoms with Crippen LogP contribution in [0.3, 0.4) is 0 Å².